The Labute approximate surface area is 277 Å². The van der Waals surface area contributed by atoms with Gasteiger partial charge in [0, 0.05) is 58.5 Å². The summed E-state index contributed by atoms with van der Waals surface area (Å²) in [7, 11) is -3.64. The first-order chi connectivity index (χ1) is 21.6. The minimum Gasteiger partial charge on any atom is -0.393 e. The van der Waals surface area contributed by atoms with E-state index in [4.69, 9.17) is 16.3 Å². The van der Waals surface area contributed by atoms with Crippen LogP contribution in [0.25, 0.3) is 0 Å². The Morgan fingerprint density at radius 1 is 1.09 bits per heavy atom. The third-order valence-electron chi connectivity index (χ3n) is 13.7. The molecule has 1 heterocycles. The summed E-state index contributed by atoms with van der Waals surface area (Å²) in [5.74, 6) is -0.758. The summed E-state index contributed by atoms with van der Waals surface area (Å²) in [4.78, 5) is 14.6. The average Bonchev–Trinajstić information content (AvgIpc) is 3.59. The summed E-state index contributed by atoms with van der Waals surface area (Å²) >= 11 is 6.42. The van der Waals surface area contributed by atoms with E-state index in [0.29, 0.717) is 44.3 Å². The van der Waals surface area contributed by atoms with E-state index in [2.05, 4.69) is 32.1 Å². The van der Waals surface area contributed by atoms with Crippen molar-refractivity contribution in [3.05, 3.63) is 58.4 Å². The second kappa shape index (κ2) is 10.9. The lowest BCUT2D eigenvalue weighted by Crippen LogP contribution is -2.67. The quantitative estimate of drug-likeness (QED) is 0.347. The van der Waals surface area contributed by atoms with Crippen molar-refractivity contribution in [2.24, 2.45) is 33.5 Å². The summed E-state index contributed by atoms with van der Waals surface area (Å²) in [6.45, 7) is 5.21. The number of aliphatic hydroxyl groups excluding tert-OH is 1. The zero-order valence-electron chi connectivity index (χ0n) is 27.1. The molecule has 1 saturated heterocycles. The number of rotatable bonds is 8. The normalized spacial score (nSPS) is 42.9. The maximum atomic E-state index is 15.0. The number of ether oxygens (including phenoxy) is 1. The molecule has 2 spiro atoms. The topological polar surface area (TPSA) is 104 Å². The Hall–Kier alpha value is -1.62. The van der Waals surface area contributed by atoms with Gasteiger partial charge in [0.2, 0.25) is 10.0 Å². The Balaban J connectivity index is 1.31. The van der Waals surface area contributed by atoms with Crippen molar-refractivity contribution >= 4 is 27.4 Å². The van der Waals surface area contributed by atoms with Gasteiger partial charge in [-0.05, 0) is 87.2 Å². The predicted octanol–water partition coefficient (Wildman–Crippen LogP) is 5.62. The van der Waals surface area contributed by atoms with Crippen LogP contribution in [-0.2, 0) is 26.0 Å². The van der Waals surface area contributed by atoms with Gasteiger partial charge in [-0.15, -0.1) is 0 Å². The van der Waals surface area contributed by atoms with Crippen molar-refractivity contribution in [2.45, 2.75) is 95.9 Å². The van der Waals surface area contributed by atoms with E-state index in [0.717, 1.165) is 25.7 Å². The largest absolute Gasteiger partial charge is 0.393 e. The van der Waals surface area contributed by atoms with Crippen molar-refractivity contribution < 1.29 is 32.6 Å². The van der Waals surface area contributed by atoms with Gasteiger partial charge in [0.05, 0.1) is 24.1 Å². The molecule has 2 N–H and O–H groups in total. The summed E-state index contributed by atoms with van der Waals surface area (Å²) in [5, 5.41) is 23.8. The van der Waals surface area contributed by atoms with Gasteiger partial charge in [-0.2, -0.15) is 4.31 Å². The minimum atomic E-state index is -3.64. The maximum Gasteiger partial charge on any atom is 0.211 e. The number of hydrogen-bond donors (Lipinski definition) is 2. The van der Waals surface area contributed by atoms with E-state index in [1.165, 1.54) is 22.7 Å². The van der Waals surface area contributed by atoms with Crippen molar-refractivity contribution in [1.82, 2.24) is 4.31 Å². The van der Waals surface area contributed by atoms with Crippen molar-refractivity contribution in [2.75, 3.05) is 26.0 Å². The molecule has 2 bridgehead atoms. The van der Waals surface area contributed by atoms with Crippen molar-refractivity contribution in [3.8, 4) is 0 Å². The number of carbonyl (C=O) groups is 1. The fourth-order valence-electron chi connectivity index (χ4n) is 11.2. The van der Waals surface area contributed by atoms with Crippen LogP contribution in [0, 0.1) is 39.3 Å². The summed E-state index contributed by atoms with van der Waals surface area (Å²) in [6, 6.07) is 4.45. The Kier molecular flexibility index (Phi) is 7.83. The molecule has 7 nitrogen and oxygen atoms in total. The Morgan fingerprint density at radius 2 is 1.80 bits per heavy atom. The van der Waals surface area contributed by atoms with Gasteiger partial charge in [0.1, 0.15) is 5.82 Å². The first kappa shape index (κ1) is 32.9. The highest BCUT2D eigenvalue weighted by atomic mass is 35.5. The number of sulfonamides is 1. The molecule has 1 aliphatic heterocycles. The van der Waals surface area contributed by atoms with Crippen LogP contribution in [0.1, 0.15) is 77.2 Å². The van der Waals surface area contributed by atoms with E-state index in [-0.39, 0.29) is 59.2 Å². The van der Waals surface area contributed by atoms with Gasteiger partial charge in [-0.25, -0.2) is 12.8 Å². The highest BCUT2D eigenvalue weighted by molar-refractivity contribution is 7.88. The highest BCUT2D eigenvalue weighted by Crippen LogP contribution is 2.78. The third kappa shape index (κ3) is 4.62. The van der Waals surface area contributed by atoms with Gasteiger partial charge in [0.25, 0.3) is 0 Å². The fraction of sp³-hybridized carbons (Fsp3) is 0.694. The van der Waals surface area contributed by atoms with Crippen molar-refractivity contribution in [3.63, 3.8) is 0 Å². The second-order valence-electron chi connectivity index (χ2n) is 15.8. The molecule has 0 aromatic heterocycles. The van der Waals surface area contributed by atoms with Gasteiger partial charge >= 0.3 is 0 Å². The van der Waals surface area contributed by atoms with Crippen LogP contribution in [0.5, 0.6) is 0 Å². The molecule has 3 saturated carbocycles. The molecule has 9 atom stereocenters. The van der Waals surface area contributed by atoms with Crippen LogP contribution < -0.4 is 0 Å². The molecule has 1 aromatic rings. The van der Waals surface area contributed by atoms with E-state index >= 15 is 4.39 Å². The van der Waals surface area contributed by atoms with Crippen LogP contribution in [0.2, 0.25) is 5.02 Å². The molecule has 4 fully saturated rings. The zero-order chi connectivity index (χ0) is 32.9. The zero-order valence-corrected chi connectivity index (χ0v) is 28.7. The molecule has 8 rings (SSSR count). The number of halogens is 2. The number of hydrogen-bond acceptors (Lipinski definition) is 6. The number of carbonyl (C=O) groups excluding carboxylic acids is 1. The van der Waals surface area contributed by atoms with Gasteiger partial charge < -0.3 is 14.9 Å². The molecular formula is C36H47ClFNO6S. The Bertz CT molecular complexity index is 1590. The average molecular weight is 676 g/mol. The number of fused-ring (bicyclic) bond motifs is 1. The molecule has 0 amide bonds. The number of benzene rings is 1. The van der Waals surface area contributed by atoms with Gasteiger partial charge in [-0.3, -0.25) is 4.79 Å². The van der Waals surface area contributed by atoms with Crippen LogP contribution in [-0.4, -0.2) is 72.5 Å². The molecule has 7 aliphatic rings. The molecule has 6 aliphatic carbocycles. The third-order valence-corrected chi connectivity index (χ3v) is 15.3. The number of nitrogens with zero attached hydrogens (tertiary/aromatic N) is 1. The first-order valence-electron chi connectivity index (χ1n) is 17.0. The molecule has 1 unspecified atom stereocenters. The smallest absolute Gasteiger partial charge is 0.211 e. The molecule has 10 heteroatoms. The standard InChI is InChI=1S/C36H47ClFNO6S/c1-32-12-9-23(40)19-34(32)15-16-36(26(20-34)29(41)18-25-27(37)7-4-8-28(25)38)30(32)10-13-33(2)31(36)11-14-35(33,42)22-39(46(3,43)44)21-24-6-5-17-45-24/h4,7-8,15-16,20,23-24,30-31,40,42H,5-6,9-14,17-19,21-22H2,1-3H3/t23?,24-,30-,31-,32-,33+,34+,35-,36-/m1/s1. The second-order valence-corrected chi connectivity index (χ2v) is 18.2. The first-order valence-corrected chi connectivity index (χ1v) is 19.2. The van der Waals surface area contributed by atoms with E-state index in [9.17, 15) is 23.4 Å². The fourth-order valence-corrected chi connectivity index (χ4v) is 12.4. The summed E-state index contributed by atoms with van der Waals surface area (Å²) in [6.07, 6.45) is 13.1. The molecule has 46 heavy (non-hydrogen) atoms. The lowest BCUT2D eigenvalue weighted by Gasteiger charge is -2.71. The minimum absolute atomic E-state index is 0.0195. The van der Waals surface area contributed by atoms with Crippen LogP contribution in [0.15, 0.2) is 42.0 Å². The highest BCUT2D eigenvalue weighted by Gasteiger charge is 2.74. The maximum absolute atomic E-state index is 15.0. The number of Topliss-reactive ketones (excluding diaryl/α,β-unsaturated/α-hetero) is 1. The molecule has 252 valence electrons. The van der Waals surface area contributed by atoms with E-state index < -0.39 is 43.8 Å². The summed E-state index contributed by atoms with van der Waals surface area (Å²) in [5.41, 5.74) is -2.60. The monoisotopic (exact) mass is 675 g/mol. The lowest BCUT2D eigenvalue weighted by atomic mass is 9.32. The van der Waals surface area contributed by atoms with Crippen LogP contribution in [0.3, 0.4) is 0 Å². The predicted molar refractivity (Wildman–Crippen MR) is 174 cm³/mol. The number of ketones is 1. The molecule has 0 radical (unpaired) electrons. The van der Waals surface area contributed by atoms with Crippen LogP contribution >= 0.6 is 11.6 Å². The number of allylic oxidation sites excluding steroid dienone is 4. The SMILES string of the molecule is C[C@]12CC[C@H]3[C@]4(C=C[C@@]5(C=C4C(=O)Cc4c(F)cccc4Cl)CC(O)CC[C@]35C)[C@@H]1CC[C@@]2(O)CN(C[C@H]1CCCO1)S(C)(=O)=O. The van der Waals surface area contributed by atoms with Gasteiger partial charge in [-0.1, -0.05) is 49.7 Å². The summed E-state index contributed by atoms with van der Waals surface area (Å²) < 4.78 is 48.4. The van der Waals surface area contributed by atoms with E-state index in [1.54, 1.807) is 6.07 Å². The van der Waals surface area contributed by atoms with Gasteiger partial charge in [0.15, 0.2) is 5.78 Å². The van der Waals surface area contributed by atoms with E-state index in [1.807, 2.05) is 0 Å². The number of aliphatic hydroxyl groups is 2. The molecular weight excluding hydrogens is 629 g/mol. The van der Waals surface area contributed by atoms with Crippen LogP contribution in [0.4, 0.5) is 4.39 Å². The molecule has 1 aromatic carbocycles. The van der Waals surface area contributed by atoms with Crippen molar-refractivity contribution in [1.29, 1.82) is 0 Å². The lowest BCUT2D eigenvalue weighted by molar-refractivity contribution is -0.177. The Morgan fingerprint density at radius 3 is 2.50 bits per heavy atom.